The number of aromatic nitrogens is 2. The number of rotatable bonds is 3. The zero-order valence-corrected chi connectivity index (χ0v) is 12.7. The maximum absolute atomic E-state index is 12.4. The fraction of sp³-hybridized carbons (Fsp3) is 0.0833. The van der Waals surface area contributed by atoms with Crippen molar-refractivity contribution in [2.24, 2.45) is 0 Å². The SMILES string of the molecule is Cc1nscc1NS(=O)(=O)c1c[nH]c2cc(Cl)ccc12. The van der Waals surface area contributed by atoms with Gasteiger partial charge in [0.15, 0.2) is 0 Å². The summed E-state index contributed by atoms with van der Waals surface area (Å²) in [6.07, 6.45) is 1.46. The molecule has 0 aliphatic heterocycles. The molecule has 0 bridgehead atoms. The highest BCUT2D eigenvalue weighted by molar-refractivity contribution is 7.93. The van der Waals surface area contributed by atoms with Crippen LogP contribution >= 0.6 is 23.1 Å². The van der Waals surface area contributed by atoms with E-state index in [0.29, 0.717) is 27.3 Å². The van der Waals surface area contributed by atoms with E-state index in [1.807, 2.05) is 0 Å². The fourth-order valence-corrected chi connectivity index (χ4v) is 4.06. The number of anilines is 1. The molecule has 20 heavy (non-hydrogen) atoms. The summed E-state index contributed by atoms with van der Waals surface area (Å²) >= 11 is 7.09. The number of aromatic amines is 1. The van der Waals surface area contributed by atoms with Crippen LogP contribution in [-0.4, -0.2) is 17.8 Å². The van der Waals surface area contributed by atoms with Gasteiger partial charge in [-0.15, -0.1) is 0 Å². The Bertz CT molecular complexity index is 883. The van der Waals surface area contributed by atoms with Gasteiger partial charge in [0.2, 0.25) is 0 Å². The quantitative estimate of drug-likeness (QED) is 0.774. The topological polar surface area (TPSA) is 74.8 Å². The third kappa shape index (κ3) is 2.28. The second-order valence-corrected chi connectivity index (χ2v) is 6.98. The van der Waals surface area contributed by atoms with Crippen LogP contribution < -0.4 is 4.72 Å². The smallest absolute Gasteiger partial charge is 0.264 e. The second kappa shape index (κ2) is 4.76. The summed E-state index contributed by atoms with van der Waals surface area (Å²) in [7, 11) is -3.66. The molecule has 2 aromatic heterocycles. The zero-order chi connectivity index (χ0) is 14.3. The molecule has 104 valence electrons. The lowest BCUT2D eigenvalue weighted by atomic mass is 10.2. The first-order valence-corrected chi connectivity index (χ1v) is 8.37. The fourth-order valence-electron chi connectivity index (χ4n) is 1.88. The molecule has 5 nitrogen and oxygen atoms in total. The third-order valence-electron chi connectivity index (χ3n) is 2.89. The molecule has 0 atom stereocenters. The van der Waals surface area contributed by atoms with Gasteiger partial charge in [-0.3, -0.25) is 4.72 Å². The van der Waals surface area contributed by atoms with Crippen molar-refractivity contribution in [2.75, 3.05) is 4.72 Å². The Balaban J connectivity index is 2.08. The summed E-state index contributed by atoms with van der Waals surface area (Å²) in [5, 5.41) is 2.82. The van der Waals surface area contributed by atoms with Crippen LogP contribution in [0, 0.1) is 6.92 Å². The molecule has 3 rings (SSSR count). The number of H-pyrrole nitrogens is 1. The molecule has 0 aliphatic carbocycles. The van der Waals surface area contributed by atoms with Gasteiger partial charge in [-0.2, -0.15) is 4.37 Å². The van der Waals surface area contributed by atoms with Crippen LogP contribution in [0.2, 0.25) is 5.02 Å². The van der Waals surface area contributed by atoms with Crippen molar-refractivity contribution in [1.29, 1.82) is 0 Å². The number of hydrogen-bond acceptors (Lipinski definition) is 4. The average Bonchev–Trinajstić information content (AvgIpc) is 2.96. The second-order valence-electron chi connectivity index (χ2n) is 4.26. The monoisotopic (exact) mass is 327 g/mol. The lowest BCUT2D eigenvalue weighted by molar-refractivity contribution is 0.602. The van der Waals surface area contributed by atoms with Gasteiger partial charge in [0.05, 0.1) is 11.4 Å². The van der Waals surface area contributed by atoms with Crippen molar-refractivity contribution in [3.63, 3.8) is 0 Å². The van der Waals surface area contributed by atoms with E-state index in [1.165, 1.54) is 17.7 Å². The Morgan fingerprint density at radius 2 is 2.20 bits per heavy atom. The number of sulfonamides is 1. The van der Waals surface area contributed by atoms with Crippen molar-refractivity contribution in [1.82, 2.24) is 9.36 Å². The van der Waals surface area contributed by atoms with E-state index >= 15 is 0 Å². The van der Waals surface area contributed by atoms with E-state index in [2.05, 4.69) is 14.1 Å². The number of halogens is 1. The molecule has 0 radical (unpaired) electrons. The first kappa shape index (κ1) is 13.4. The van der Waals surface area contributed by atoms with Crippen LogP contribution in [0.5, 0.6) is 0 Å². The van der Waals surface area contributed by atoms with Crippen molar-refractivity contribution >= 4 is 49.7 Å². The van der Waals surface area contributed by atoms with Gasteiger partial charge in [0, 0.05) is 27.5 Å². The summed E-state index contributed by atoms with van der Waals surface area (Å²) in [6.45, 7) is 1.75. The summed E-state index contributed by atoms with van der Waals surface area (Å²) in [5.41, 5.74) is 1.83. The number of nitrogens with one attached hydrogen (secondary N) is 2. The van der Waals surface area contributed by atoms with Gasteiger partial charge in [-0.1, -0.05) is 11.6 Å². The molecule has 2 N–H and O–H groups in total. The minimum Gasteiger partial charge on any atom is -0.360 e. The van der Waals surface area contributed by atoms with Gasteiger partial charge in [-0.05, 0) is 36.7 Å². The van der Waals surface area contributed by atoms with E-state index in [1.54, 1.807) is 30.5 Å². The van der Waals surface area contributed by atoms with Crippen LogP contribution in [0.3, 0.4) is 0 Å². The molecule has 0 unspecified atom stereocenters. The Morgan fingerprint density at radius 3 is 2.90 bits per heavy atom. The number of hydrogen-bond donors (Lipinski definition) is 2. The molecule has 0 spiro atoms. The highest BCUT2D eigenvalue weighted by Gasteiger charge is 2.20. The van der Waals surface area contributed by atoms with E-state index in [9.17, 15) is 8.42 Å². The van der Waals surface area contributed by atoms with Crippen LogP contribution in [0.1, 0.15) is 5.69 Å². The first-order valence-electron chi connectivity index (χ1n) is 5.68. The highest BCUT2D eigenvalue weighted by atomic mass is 35.5. The van der Waals surface area contributed by atoms with Gasteiger partial charge in [-0.25, -0.2) is 8.42 Å². The average molecular weight is 328 g/mol. The number of nitrogens with zero attached hydrogens (tertiary/aromatic N) is 1. The molecule has 0 fully saturated rings. The number of aryl methyl sites for hydroxylation is 1. The number of benzene rings is 1. The summed E-state index contributed by atoms with van der Waals surface area (Å²) in [6, 6.07) is 5.03. The van der Waals surface area contributed by atoms with Crippen molar-refractivity contribution < 1.29 is 8.42 Å². The molecular weight excluding hydrogens is 318 g/mol. The zero-order valence-electron chi connectivity index (χ0n) is 10.3. The lowest BCUT2D eigenvalue weighted by Gasteiger charge is -2.05. The maximum Gasteiger partial charge on any atom is 0.264 e. The molecule has 0 saturated carbocycles. The molecule has 0 amide bonds. The van der Waals surface area contributed by atoms with E-state index in [-0.39, 0.29) is 4.90 Å². The first-order chi connectivity index (χ1) is 9.47. The van der Waals surface area contributed by atoms with E-state index in [0.717, 1.165) is 0 Å². The summed E-state index contributed by atoms with van der Waals surface area (Å²) in [5.74, 6) is 0. The lowest BCUT2D eigenvalue weighted by Crippen LogP contribution is -2.12. The minimum atomic E-state index is -3.66. The van der Waals surface area contributed by atoms with E-state index in [4.69, 9.17) is 11.6 Å². The highest BCUT2D eigenvalue weighted by Crippen LogP contribution is 2.27. The Labute approximate surface area is 124 Å². The molecular formula is C12H10ClN3O2S2. The maximum atomic E-state index is 12.4. The van der Waals surface area contributed by atoms with E-state index < -0.39 is 10.0 Å². The molecule has 2 heterocycles. The minimum absolute atomic E-state index is 0.190. The van der Waals surface area contributed by atoms with Gasteiger partial charge in [0.1, 0.15) is 4.90 Å². The van der Waals surface area contributed by atoms with Crippen molar-refractivity contribution in [3.8, 4) is 0 Å². The Morgan fingerprint density at radius 1 is 1.40 bits per heavy atom. The summed E-state index contributed by atoms with van der Waals surface area (Å²) in [4.78, 5) is 3.10. The molecule has 8 heteroatoms. The van der Waals surface area contributed by atoms with Crippen LogP contribution in [0.15, 0.2) is 34.7 Å². The van der Waals surface area contributed by atoms with Crippen LogP contribution in [-0.2, 0) is 10.0 Å². The van der Waals surface area contributed by atoms with Crippen LogP contribution in [0.25, 0.3) is 10.9 Å². The van der Waals surface area contributed by atoms with Gasteiger partial charge >= 0.3 is 0 Å². The Kier molecular flexibility index (Phi) is 3.19. The largest absolute Gasteiger partial charge is 0.360 e. The molecule has 0 aliphatic rings. The molecule has 0 saturated heterocycles. The predicted molar refractivity (Wildman–Crippen MR) is 81.0 cm³/mol. The van der Waals surface area contributed by atoms with Gasteiger partial charge < -0.3 is 4.98 Å². The molecule has 3 aromatic rings. The normalized spacial score (nSPS) is 11.9. The molecule has 1 aromatic carbocycles. The predicted octanol–water partition coefficient (Wildman–Crippen LogP) is 3.39. The Hall–Kier alpha value is -1.57. The summed E-state index contributed by atoms with van der Waals surface area (Å²) < 4.78 is 31.4. The standard InChI is InChI=1S/C12H10ClN3O2S2/c1-7-11(6-19-15-7)16-20(17,18)12-5-14-10-4-8(13)2-3-9(10)12/h2-6,14,16H,1H3. The van der Waals surface area contributed by atoms with Gasteiger partial charge in [0.25, 0.3) is 10.0 Å². The van der Waals surface area contributed by atoms with Crippen LogP contribution in [0.4, 0.5) is 5.69 Å². The third-order valence-corrected chi connectivity index (χ3v) is 5.25. The van der Waals surface area contributed by atoms with Crippen molar-refractivity contribution in [3.05, 3.63) is 40.5 Å². The number of fused-ring (bicyclic) bond motifs is 1. The van der Waals surface area contributed by atoms with Crippen molar-refractivity contribution in [2.45, 2.75) is 11.8 Å².